The minimum Gasteiger partial charge on any atom is -0.445 e. The zero-order chi connectivity index (χ0) is 13.9. The Hall–Kier alpha value is -1.22. The standard InChI is InChI=1S/C11H15N3O3S2/c1-8-6-13-10(17-8)7-14-19(15,16)11-3-2-9(18-11)4-5-12/h2-3,6,14H,4-5,7,12H2,1H3. The Kier molecular flexibility index (Phi) is 4.35. The van der Waals surface area contributed by atoms with Crippen LogP contribution in [0.5, 0.6) is 0 Å². The van der Waals surface area contributed by atoms with Crippen molar-refractivity contribution in [3.05, 3.63) is 34.9 Å². The van der Waals surface area contributed by atoms with Crippen molar-refractivity contribution >= 4 is 21.4 Å². The first kappa shape index (κ1) is 14.2. The molecule has 0 unspecified atom stereocenters. The molecule has 2 rings (SSSR count). The molecule has 0 atom stereocenters. The largest absolute Gasteiger partial charge is 0.445 e. The molecule has 0 fully saturated rings. The summed E-state index contributed by atoms with van der Waals surface area (Å²) in [4.78, 5) is 4.89. The predicted molar refractivity (Wildman–Crippen MR) is 72.3 cm³/mol. The quantitative estimate of drug-likeness (QED) is 0.830. The zero-order valence-electron chi connectivity index (χ0n) is 10.4. The Balaban J connectivity index is 2.04. The highest BCUT2D eigenvalue weighted by atomic mass is 32.2. The lowest BCUT2D eigenvalue weighted by Gasteiger charge is -2.01. The van der Waals surface area contributed by atoms with Crippen LogP contribution in [-0.4, -0.2) is 19.9 Å². The van der Waals surface area contributed by atoms with Gasteiger partial charge in [0.25, 0.3) is 10.0 Å². The number of nitrogens with zero attached hydrogens (tertiary/aromatic N) is 1. The van der Waals surface area contributed by atoms with E-state index >= 15 is 0 Å². The summed E-state index contributed by atoms with van der Waals surface area (Å²) in [5.74, 6) is 0.996. The molecule has 0 bridgehead atoms. The van der Waals surface area contributed by atoms with Crippen molar-refractivity contribution in [2.24, 2.45) is 5.73 Å². The van der Waals surface area contributed by atoms with Crippen LogP contribution < -0.4 is 10.5 Å². The molecule has 0 aliphatic carbocycles. The zero-order valence-corrected chi connectivity index (χ0v) is 12.1. The molecule has 104 valence electrons. The summed E-state index contributed by atoms with van der Waals surface area (Å²) in [5.41, 5.74) is 5.44. The maximum Gasteiger partial charge on any atom is 0.250 e. The van der Waals surface area contributed by atoms with Crippen LogP contribution in [0.3, 0.4) is 0 Å². The molecule has 19 heavy (non-hydrogen) atoms. The fourth-order valence-corrected chi connectivity index (χ4v) is 3.88. The molecule has 0 spiro atoms. The molecule has 0 aliphatic heterocycles. The van der Waals surface area contributed by atoms with Crippen LogP contribution in [0, 0.1) is 6.92 Å². The van der Waals surface area contributed by atoms with Crippen LogP contribution in [0.1, 0.15) is 16.5 Å². The molecule has 0 radical (unpaired) electrons. The number of hydrogen-bond acceptors (Lipinski definition) is 6. The fraction of sp³-hybridized carbons (Fsp3) is 0.364. The molecule has 8 heteroatoms. The van der Waals surface area contributed by atoms with Gasteiger partial charge in [0.2, 0.25) is 5.89 Å². The van der Waals surface area contributed by atoms with Crippen LogP contribution in [0.25, 0.3) is 0 Å². The van der Waals surface area contributed by atoms with Crippen molar-refractivity contribution in [1.82, 2.24) is 9.71 Å². The number of sulfonamides is 1. The van der Waals surface area contributed by atoms with Crippen molar-refractivity contribution in [3.8, 4) is 0 Å². The summed E-state index contributed by atoms with van der Waals surface area (Å²) in [7, 11) is -3.52. The van der Waals surface area contributed by atoms with Gasteiger partial charge in [-0.3, -0.25) is 0 Å². The second-order valence-corrected chi connectivity index (χ2v) is 7.11. The number of thiophene rings is 1. The van der Waals surface area contributed by atoms with Gasteiger partial charge < -0.3 is 10.2 Å². The first-order valence-electron chi connectivity index (χ1n) is 5.71. The number of rotatable bonds is 6. The lowest BCUT2D eigenvalue weighted by molar-refractivity contribution is 0.463. The third kappa shape index (κ3) is 3.63. The molecule has 0 amide bonds. The highest BCUT2D eigenvalue weighted by molar-refractivity contribution is 7.91. The maximum absolute atomic E-state index is 12.0. The molecule has 6 nitrogen and oxygen atoms in total. The van der Waals surface area contributed by atoms with E-state index in [2.05, 4.69) is 9.71 Å². The molecule has 0 saturated heterocycles. The van der Waals surface area contributed by atoms with Crippen molar-refractivity contribution in [2.45, 2.75) is 24.1 Å². The van der Waals surface area contributed by atoms with Gasteiger partial charge in [0, 0.05) is 4.88 Å². The highest BCUT2D eigenvalue weighted by Crippen LogP contribution is 2.21. The molecule has 0 aliphatic rings. The van der Waals surface area contributed by atoms with E-state index in [1.807, 2.05) is 0 Å². The first-order chi connectivity index (χ1) is 9.01. The van der Waals surface area contributed by atoms with Gasteiger partial charge in [-0.15, -0.1) is 11.3 Å². The number of nitrogens with two attached hydrogens (primary N) is 1. The topological polar surface area (TPSA) is 98.2 Å². The van der Waals surface area contributed by atoms with Crippen molar-refractivity contribution in [3.63, 3.8) is 0 Å². The number of nitrogens with one attached hydrogen (secondary N) is 1. The SMILES string of the molecule is Cc1cnc(CNS(=O)(=O)c2ccc(CCN)s2)o1. The predicted octanol–water partition coefficient (Wildman–Crippen LogP) is 1.02. The summed E-state index contributed by atoms with van der Waals surface area (Å²) >= 11 is 1.22. The number of oxazole rings is 1. The van der Waals surface area contributed by atoms with E-state index in [0.717, 1.165) is 4.88 Å². The summed E-state index contributed by atoms with van der Waals surface area (Å²) in [6.07, 6.45) is 2.23. The van der Waals surface area contributed by atoms with Crippen LogP contribution in [0.15, 0.2) is 27.0 Å². The van der Waals surface area contributed by atoms with Gasteiger partial charge in [-0.05, 0) is 32.0 Å². The maximum atomic E-state index is 12.0. The van der Waals surface area contributed by atoms with Gasteiger partial charge in [0.15, 0.2) is 0 Å². The minimum absolute atomic E-state index is 0.0420. The van der Waals surface area contributed by atoms with Crippen LogP contribution in [0.4, 0.5) is 0 Å². The number of aryl methyl sites for hydroxylation is 1. The highest BCUT2D eigenvalue weighted by Gasteiger charge is 2.17. The molecule has 2 aromatic heterocycles. The van der Waals surface area contributed by atoms with E-state index in [4.69, 9.17) is 10.2 Å². The van der Waals surface area contributed by atoms with E-state index in [1.54, 1.807) is 25.3 Å². The van der Waals surface area contributed by atoms with Gasteiger partial charge >= 0.3 is 0 Å². The molecule has 2 heterocycles. The van der Waals surface area contributed by atoms with E-state index < -0.39 is 10.0 Å². The van der Waals surface area contributed by atoms with Gasteiger partial charge in [-0.25, -0.2) is 18.1 Å². The number of aromatic nitrogens is 1. The van der Waals surface area contributed by atoms with E-state index in [9.17, 15) is 8.42 Å². The Bertz CT molecular complexity index is 646. The van der Waals surface area contributed by atoms with Crippen LogP contribution in [0.2, 0.25) is 0 Å². The van der Waals surface area contributed by atoms with Gasteiger partial charge in [-0.1, -0.05) is 0 Å². The first-order valence-corrected chi connectivity index (χ1v) is 8.01. The van der Waals surface area contributed by atoms with Gasteiger partial charge in [-0.2, -0.15) is 0 Å². The molecular weight excluding hydrogens is 286 g/mol. The van der Waals surface area contributed by atoms with E-state index in [1.165, 1.54) is 11.3 Å². The monoisotopic (exact) mass is 301 g/mol. The molecule has 3 N–H and O–H groups in total. The normalized spacial score (nSPS) is 11.9. The van der Waals surface area contributed by atoms with Crippen molar-refractivity contribution in [2.75, 3.05) is 6.54 Å². The third-order valence-electron chi connectivity index (χ3n) is 2.38. The average Bonchev–Trinajstić information content (AvgIpc) is 2.97. The minimum atomic E-state index is -3.52. The fourth-order valence-electron chi connectivity index (χ4n) is 1.49. The summed E-state index contributed by atoms with van der Waals surface area (Å²) in [5, 5.41) is 0. The summed E-state index contributed by atoms with van der Waals surface area (Å²) < 4.78 is 32.0. The average molecular weight is 301 g/mol. The summed E-state index contributed by atoms with van der Waals surface area (Å²) in [6.45, 7) is 2.30. The Morgan fingerprint density at radius 1 is 1.47 bits per heavy atom. The van der Waals surface area contributed by atoms with Crippen LogP contribution in [-0.2, 0) is 23.0 Å². The van der Waals surface area contributed by atoms with Crippen molar-refractivity contribution in [1.29, 1.82) is 0 Å². The Labute approximate surface area is 115 Å². The van der Waals surface area contributed by atoms with E-state index in [-0.39, 0.29) is 10.8 Å². The lowest BCUT2D eigenvalue weighted by Crippen LogP contribution is -2.22. The molecule has 2 aromatic rings. The Morgan fingerprint density at radius 2 is 2.26 bits per heavy atom. The second-order valence-electron chi connectivity index (χ2n) is 3.95. The molecular formula is C11H15N3O3S2. The smallest absolute Gasteiger partial charge is 0.250 e. The molecule has 0 aromatic carbocycles. The van der Waals surface area contributed by atoms with Gasteiger partial charge in [0.05, 0.1) is 12.7 Å². The van der Waals surface area contributed by atoms with Crippen LogP contribution >= 0.6 is 11.3 Å². The number of hydrogen-bond donors (Lipinski definition) is 2. The van der Waals surface area contributed by atoms with Gasteiger partial charge in [0.1, 0.15) is 9.97 Å². The Morgan fingerprint density at radius 3 is 2.89 bits per heavy atom. The molecule has 0 saturated carbocycles. The lowest BCUT2D eigenvalue weighted by atomic mass is 10.3. The second kappa shape index (κ2) is 5.83. The summed E-state index contributed by atoms with van der Waals surface area (Å²) in [6, 6.07) is 3.36. The van der Waals surface area contributed by atoms with E-state index in [0.29, 0.717) is 24.6 Å². The van der Waals surface area contributed by atoms with Crippen molar-refractivity contribution < 1.29 is 12.8 Å². The third-order valence-corrected chi connectivity index (χ3v) is 5.41.